The van der Waals surface area contributed by atoms with E-state index in [-0.39, 0.29) is 29.1 Å². The molecule has 26 heavy (non-hydrogen) atoms. The van der Waals surface area contributed by atoms with E-state index in [1.54, 1.807) is 0 Å². The molecule has 0 radical (unpaired) electrons. The Bertz CT molecular complexity index is 535. The molecule has 3 fully saturated rings. The Morgan fingerprint density at radius 2 is 1.77 bits per heavy atom. The SMILES string of the molecule is NC(=O)C1CCN(CCC(=O)N2CCC3(CCNC(=O)CC3)CC2)CC1. The fraction of sp³-hybridized carbons (Fsp3) is 0.842. The molecule has 3 rings (SSSR count). The summed E-state index contributed by atoms with van der Waals surface area (Å²) in [6.07, 6.45) is 6.80. The highest BCUT2D eigenvalue weighted by atomic mass is 16.2. The van der Waals surface area contributed by atoms with Gasteiger partial charge < -0.3 is 20.9 Å². The second kappa shape index (κ2) is 8.37. The number of piperidine rings is 2. The van der Waals surface area contributed by atoms with Crippen LogP contribution in [0.2, 0.25) is 0 Å². The van der Waals surface area contributed by atoms with E-state index in [1.165, 1.54) is 0 Å². The van der Waals surface area contributed by atoms with E-state index in [0.717, 1.165) is 77.8 Å². The molecular weight excluding hydrogens is 332 g/mol. The third kappa shape index (κ3) is 4.75. The Morgan fingerprint density at radius 3 is 2.42 bits per heavy atom. The second-order valence-electron chi connectivity index (χ2n) is 8.25. The Labute approximate surface area is 155 Å². The Hall–Kier alpha value is -1.63. The van der Waals surface area contributed by atoms with Gasteiger partial charge in [-0.1, -0.05) is 0 Å². The summed E-state index contributed by atoms with van der Waals surface area (Å²) in [5.41, 5.74) is 5.61. The summed E-state index contributed by atoms with van der Waals surface area (Å²) < 4.78 is 0. The average Bonchev–Trinajstić information content (AvgIpc) is 2.82. The standard InChI is InChI=1S/C19H32N4O3/c20-18(26)15-2-10-22(11-3-15)12-4-17(25)23-13-7-19(8-14-23)5-1-16(24)21-9-6-19/h15H,1-14H2,(H2,20,26)(H,21,24). The predicted molar refractivity (Wildman–Crippen MR) is 98.1 cm³/mol. The van der Waals surface area contributed by atoms with Crippen LogP contribution in [0.25, 0.3) is 0 Å². The van der Waals surface area contributed by atoms with Crippen LogP contribution in [0, 0.1) is 11.3 Å². The number of carbonyl (C=O) groups excluding carboxylic acids is 3. The van der Waals surface area contributed by atoms with Gasteiger partial charge in [0, 0.05) is 44.9 Å². The molecule has 1 spiro atoms. The number of nitrogens with zero attached hydrogens (tertiary/aromatic N) is 2. The number of rotatable bonds is 4. The van der Waals surface area contributed by atoms with Gasteiger partial charge in [-0.05, 0) is 57.0 Å². The van der Waals surface area contributed by atoms with Crippen LogP contribution < -0.4 is 11.1 Å². The van der Waals surface area contributed by atoms with E-state index < -0.39 is 0 Å². The summed E-state index contributed by atoms with van der Waals surface area (Å²) >= 11 is 0. The van der Waals surface area contributed by atoms with E-state index in [2.05, 4.69) is 10.2 Å². The molecule has 3 aliphatic heterocycles. The summed E-state index contributed by atoms with van der Waals surface area (Å²) in [7, 11) is 0. The monoisotopic (exact) mass is 364 g/mol. The zero-order valence-electron chi connectivity index (χ0n) is 15.7. The van der Waals surface area contributed by atoms with Crippen LogP contribution in [0.1, 0.15) is 51.4 Å². The molecule has 0 aromatic heterocycles. The molecule has 0 aliphatic carbocycles. The highest BCUT2D eigenvalue weighted by molar-refractivity contribution is 5.77. The van der Waals surface area contributed by atoms with Crippen molar-refractivity contribution in [3.8, 4) is 0 Å². The maximum absolute atomic E-state index is 12.6. The summed E-state index contributed by atoms with van der Waals surface area (Å²) in [5, 5.41) is 2.96. The van der Waals surface area contributed by atoms with Gasteiger partial charge >= 0.3 is 0 Å². The van der Waals surface area contributed by atoms with E-state index in [0.29, 0.717) is 12.8 Å². The van der Waals surface area contributed by atoms with Crippen LogP contribution in [-0.4, -0.2) is 66.8 Å². The topological polar surface area (TPSA) is 95.7 Å². The van der Waals surface area contributed by atoms with Gasteiger partial charge in [0.25, 0.3) is 0 Å². The molecule has 7 heteroatoms. The minimum absolute atomic E-state index is 0.00109. The molecule has 0 saturated carbocycles. The smallest absolute Gasteiger partial charge is 0.223 e. The molecule has 3 amide bonds. The van der Waals surface area contributed by atoms with E-state index in [9.17, 15) is 14.4 Å². The third-order valence-electron chi connectivity index (χ3n) is 6.67. The van der Waals surface area contributed by atoms with Gasteiger partial charge in [-0.25, -0.2) is 0 Å². The van der Waals surface area contributed by atoms with Crippen molar-refractivity contribution in [2.45, 2.75) is 51.4 Å². The Morgan fingerprint density at radius 1 is 1.08 bits per heavy atom. The van der Waals surface area contributed by atoms with Crippen LogP contribution >= 0.6 is 0 Å². The van der Waals surface area contributed by atoms with Crippen molar-refractivity contribution in [2.75, 3.05) is 39.3 Å². The molecule has 3 N–H and O–H groups in total. The highest BCUT2D eigenvalue weighted by Crippen LogP contribution is 2.40. The minimum atomic E-state index is -0.196. The number of nitrogens with one attached hydrogen (secondary N) is 1. The van der Waals surface area contributed by atoms with Crippen molar-refractivity contribution in [1.29, 1.82) is 0 Å². The third-order valence-corrected chi connectivity index (χ3v) is 6.67. The maximum Gasteiger partial charge on any atom is 0.223 e. The fourth-order valence-electron chi connectivity index (χ4n) is 4.64. The molecular formula is C19H32N4O3. The summed E-state index contributed by atoms with van der Waals surface area (Å²) in [6, 6.07) is 0. The molecule has 146 valence electrons. The van der Waals surface area contributed by atoms with Gasteiger partial charge in [-0.3, -0.25) is 14.4 Å². The molecule has 0 aromatic carbocycles. The number of carbonyl (C=O) groups is 3. The summed E-state index contributed by atoms with van der Waals surface area (Å²) in [5.74, 6) is 0.208. The molecule has 3 heterocycles. The number of nitrogens with two attached hydrogens (primary N) is 1. The molecule has 7 nitrogen and oxygen atoms in total. The quantitative estimate of drug-likeness (QED) is 0.758. The zero-order valence-corrected chi connectivity index (χ0v) is 15.7. The lowest BCUT2D eigenvalue weighted by molar-refractivity contribution is -0.134. The fourth-order valence-corrected chi connectivity index (χ4v) is 4.64. The van der Waals surface area contributed by atoms with Crippen molar-refractivity contribution in [2.24, 2.45) is 17.1 Å². The highest BCUT2D eigenvalue weighted by Gasteiger charge is 2.37. The molecule has 0 aromatic rings. The van der Waals surface area contributed by atoms with Crippen molar-refractivity contribution in [3.63, 3.8) is 0 Å². The van der Waals surface area contributed by atoms with Gasteiger partial charge in [-0.2, -0.15) is 0 Å². The van der Waals surface area contributed by atoms with Gasteiger partial charge in [0.05, 0.1) is 0 Å². The summed E-state index contributed by atoms with van der Waals surface area (Å²) in [6.45, 7) is 4.88. The van der Waals surface area contributed by atoms with E-state index >= 15 is 0 Å². The number of amides is 3. The van der Waals surface area contributed by atoms with Gasteiger partial charge in [0.15, 0.2) is 0 Å². The summed E-state index contributed by atoms with van der Waals surface area (Å²) in [4.78, 5) is 39.6. The van der Waals surface area contributed by atoms with Crippen LogP contribution in [0.15, 0.2) is 0 Å². The lowest BCUT2D eigenvalue weighted by Gasteiger charge is -2.41. The van der Waals surface area contributed by atoms with Crippen molar-refractivity contribution in [3.05, 3.63) is 0 Å². The van der Waals surface area contributed by atoms with E-state index in [4.69, 9.17) is 5.73 Å². The van der Waals surface area contributed by atoms with Crippen LogP contribution in [0.3, 0.4) is 0 Å². The van der Waals surface area contributed by atoms with Crippen LogP contribution in [-0.2, 0) is 14.4 Å². The normalized spacial score (nSPS) is 24.9. The average molecular weight is 364 g/mol. The first-order chi connectivity index (χ1) is 12.5. The van der Waals surface area contributed by atoms with E-state index in [1.807, 2.05) is 4.90 Å². The molecule has 3 saturated heterocycles. The minimum Gasteiger partial charge on any atom is -0.369 e. The molecule has 0 unspecified atom stereocenters. The van der Waals surface area contributed by atoms with Gasteiger partial charge in [0.1, 0.15) is 0 Å². The second-order valence-corrected chi connectivity index (χ2v) is 8.25. The lowest BCUT2D eigenvalue weighted by atomic mass is 9.73. The number of primary amides is 1. The van der Waals surface area contributed by atoms with Crippen molar-refractivity contribution in [1.82, 2.24) is 15.1 Å². The van der Waals surface area contributed by atoms with Crippen LogP contribution in [0.5, 0.6) is 0 Å². The largest absolute Gasteiger partial charge is 0.369 e. The lowest BCUT2D eigenvalue weighted by Crippen LogP contribution is -2.45. The number of likely N-dealkylation sites (tertiary alicyclic amines) is 2. The predicted octanol–water partition coefficient (Wildman–Crippen LogP) is 0.483. The first-order valence-electron chi connectivity index (χ1n) is 10.0. The van der Waals surface area contributed by atoms with Crippen molar-refractivity contribution < 1.29 is 14.4 Å². The first kappa shape index (κ1) is 19.1. The number of hydrogen-bond acceptors (Lipinski definition) is 4. The zero-order chi connectivity index (χ0) is 18.6. The molecule has 3 aliphatic rings. The van der Waals surface area contributed by atoms with Crippen LogP contribution in [0.4, 0.5) is 0 Å². The molecule has 0 atom stereocenters. The van der Waals surface area contributed by atoms with Gasteiger partial charge in [-0.15, -0.1) is 0 Å². The first-order valence-corrected chi connectivity index (χ1v) is 10.0. The Kier molecular flexibility index (Phi) is 6.16. The number of hydrogen-bond donors (Lipinski definition) is 2. The maximum atomic E-state index is 12.6. The van der Waals surface area contributed by atoms with Gasteiger partial charge in [0.2, 0.25) is 17.7 Å². The van der Waals surface area contributed by atoms with Crippen molar-refractivity contribution >= 4 is 17.7 Å². The Balaban J connectivity index is 1.39. The molecule has 0 bridgehead atoms.